The van der Waals surface area contributed by atoms with Crippen molar-refractivity contribution >= 4 is 32.2 Å². The van der Waals surface area contributed by atoms with Crippen molar-refractivity contribution in [2.75, 3.05) is 53.6 Å². The number of aliphatic hydroxyl groups excluding tert-OH is 2. The summed E-state index contributed by atoms with van der Waals surface area (Å²) in [5.41, 5.74) is 0.981. The van der Waals surface area contributed by atoms with E-state index in [0.29, 0.717) is 69.7 Å². The van der Waals surface area contributed by atoms with Crippen molar-refractivity contribution in [2.24, 2.45) is 11.8 Å². The topological polar surface area (TPSA) is 267 Å². The van der Waals surface area contributed by atoms with Crippen molar-refractivity contribution < 1.29 is 60.3 Å². The number of benzene rings is 4. The molecule has 0 saturated carbocycles. The van der Waals surface area contributed by atoms with E-state index < -0.39 is 62.1 Å². The summed E-state index contributed by atoms with van der Waals surface area (Å²) in [4.78, 5) is 25.5. The van der Waals surface area contributed by atoms with Crippen LogP contribution in [-0.2, 0) is 47.1 Å². The van der Waals surface area contributed by atoms with E-state index in [1.54, 1.807) is 45.0 Å². The van der Waals surface area contributed by atoms with Gasteiger partial charge in [-0.2, -0.15) is 19.1 Å². The van der Waals surface area contributed by atoms with Gasteiger partial charge in [-0.1, -0.05) is 87.4 Å². The highest BCUT2D eigenvalue weighted by molar-refractivity contribution is 7.89. The van der Waals surface area contributed by atoms with Crippen molar-refractivity contribution in [2.45, 2.75) is 138 Å². The Morgan fingerprint density at radius 1 is 0.658 bits per heavy atom. The van der Waals surface area contributed by atoms with E-state index in [-0.39, 0.29) is 66.8 Å². The molecule has 4 aromatic carbocycles. The lowest BCUT2D eigenvalue weighted by molar-refractivity contribution is 0.0398. The Hall–Kier alpha value is -6.30. The lowest BCUT2D eigenvalue weighted by Gasteiger charge is -2.32. The van der Waals surface area contributed by atoms with E-state index in [4.69, 9.17) is 34.2 Å². The molecule has 1 aliphatic rings. The normalized spacial score (nSPS) is 15.9. The average Bonchev–Trinajstić information content (AvgIpc) is 3.95. The molecule has 0 aliphatic carbocycles. The largest absolute Gasteiger partial charge is 0.497 e. The summed E-state index contributed by atoms with van der Waals surface area (Å²) in [5, 5.41) is 46.5. The second-order valence-corrected chi connectivity index (χ2v) is 24.2. The molecule has 0 bridgehead atoms. The minimum atomic E-state index is -4.03. The molecule has 1 heterocycles. The summed E-state index contributed by atoms with van der Waals surface area (Å²) in [5.74, 6) is 0.860. The lowest BCUT2D eigenvalue weighted by Crippen LogP contribution is -2.52. The minimum Gasteiger partial charge on any atom is -0.497 e. The highest BCUT2D eigenvalue weighted by Gasteiger charge is 2.35. The monoisotopic (exact) mass is 1130 g/mol. The van der Waals surface area contributed by atoms with E-state index in [1.807, 2.05) is 74.5 Å². The number of nitrogens with one attached hydrogen (secondary N) is 2. The molecule has 4 N–H and O–H groups in total. The van der Waals surface area contributed by atoms with Crippen molar-refractivity contribution in [1.29, 1.82) is 10.5 Å². The number of rotatable bonds is 29. The summed E-state index contributed by atoms with van der Waals surface area (Å²) in [6.45, 7) is 9.65. The Labute approximate surface area is 467 Å². The van der Waals surface area contributed by atoms with Crippen LogP contribution in [-0.4, -0.2) is 137 Å². The van der Waals surface area contributed by atoms with Crippen LogP contribution in [0.15, 0.2) is 119 Å². The predicted molar refractivity (Wildman–Crippen MR) is 299 cm³/mol. The Balaban J connectivity index is 0.000000341. The van der Waals surface area contributed by atoms with Gasteiger partial charge >= 0.3 is 12.2 Å². The molecule has 1 saturated heterocycles. The van der Waals surface area contributed by atoms with Crippen LogP contribution in [0.1, 0.15) is 90.7 Å². The van der Waals surface area contributed by atoms with Gasteiger partial charge < -0.3 is 44.5 Å². The molecule has 432 valence electrons. The van der Waals surface area contributed by atoms with Gasteiger partial charge in [-0.25, -0.2) is 26.4 Å². The third-order valence-electron chi connectivity index (χ3n) is 13.3. The highest BCUT2D eigenvalue weighted by Crippen LogP contribution is 2.26. The number of carbonyl (C=O) groups is 2. The summed E-state index contributed by atoms with van der Waals surface area (Å²) >= 11 is 0. The highest BCUT2D eigenvalue weighted by atomic mass is 32.2. The van der Waals surface area contributed by atoms with E-state index in [0.717, 1.165) is 11.1 Å². The fourth-order valence-corrected chi connectivity index (χ4v) is 11.7. The lowest BCUT2D eigenvalue weighted by atomic mass is 9.99. The maximum Gasteiger partial charge on any atom is 0.407 e. The number of amides is 2. The fourth-order valence-electron chi connectivity index (χ4n) is 8.67. The molecular weight excluding hydrogens is 1050 g/mol. The van der Waals surface area contributed by atoms with Gasteiger partial charge in [-0.3, -0.25) is 0 Å². The minimum absolute atomic E-state index is 0.0591. The second kappa shape index (κ2) is 32.7. The van der Waals surface area contributed by atoms with Gasteiger partial charge in [0, 0.05) is 45.4 Å². The zero-order valence-electron chi connectivity index (χ0n) is 46.5. The number of methoxy groups -OCH3 is 2. The zero-order valence-corrected chi connectivity index (χ0v) is 48.2. The van der Waals surface area contributed by atoms with E-state index in [9.17, 15) is 36.6 Å². The van der Waals surface area contributed by atoms with Crippen LogP contribution >= 0.6 is 0 Å². The predicted octanol–water partition coefficient (Wildman–Crippen LogP) is 8.02. The first-order valence-electron chi connectivity index (χ1n) is 26.7. The van der Waals surface area contributed by atoms with Gasteiger partial charge in [0.15, 0.2) is 0 Å². The average molecular weight is 1130 g/mol. The molecule has 19 nitrogen and oxygen atoms in total. The van der Waals surface area contributed by atoms with Crippen molar-refractivity contribution in [1.82, 2.24) is 19.2 Å². The Kier molecular flexibility index (Phi) is 27.0. The van der Waals surface area contributed by atoms with Crippen LogP contribution in [0.5, 0.6) is 11.5 Å². The number of nitrogens with zero attached hydrogens (tertiary/aromatic N) is 4. The van der Waals surface area contributed by atoms with Crippen LogP contribution in [0.2, 0.25) is 0 Å². The molecule has 2 unspecified atom stereocenters. The molecule has 79 heavy (non-hydrogen) atoms. The van der Waals surface area contributed by atoms with Crippen LogP contribution in [0, 0.1) is 34.5 Å². The summed E-state index contributed by atoms with van der Waals surface area (Å²) in [6.07, 6.45) is -0.170. The Bertz CT molecular complexity index is 2750. The number of nitriles is 2. The molecule has 1 fully saturated rings. The smallest absolute Gasteiger partial charge is 0.407 e. The molecule has 0 spiro atoms. The number of ether oxygens (including phenoxy) is 5. The van der Waals surface area contributed by atoms with Gasteiger partial charge in [0.2, 0.25) is 20.0 Å². The molecule has 2 amide bonds. The third kappa shape index (κ3) is 22.0. The first-order valence-corrected chi connectivity index (χ1v) is 29.5. The third-order valence-corrected chi connectivity index (χ3v) is 17.0. The van der Waals surface area contributed by atoms with Crippen LogP contribution < -0.4 is 20.1 Å². The number of aliphatic hydroxyl groups is 2. The summed E-state index contributed by atoms with van der Waals surface area (Å²) < 4.78 is 84.1. The summed E-state index contributed by atoms with van der Waals surface area (Å²) in [6, 6.07) is 33.4. The first-order chi connectivity index (χ1) is 37.6. The summed E-state index contributed by atoms with van der Waals surface area (Å²) in [7, 11) is -5.06. The molecule has 1 aliphatic heterocycles. The molecule has 7 atom stereocenters. The second-order valence-electron chi connectivity index (χ2n) is 20.3. The molecule has 5 rings (SSSR count). The molecule has 4 aromatic rings. The maximum atomic E-state index is 13.8. The number of alkyl carbamates (subject to hydrolysis) is 2. The molecular formula is C58H80N6O13S2. The number of sulfonamides is 2. The van der Waals surface area contributed by atoms with Gasteiger partial charge in [0.05, 0.1) is 73.7 Å². The van der Waals surface area contributed by atoms with Crippen molar-refractivity contribution in [3.63, 3.8) is 0 Å². The van der Waals surface area contributed by atoms with Gasteiger partial charge in [0.1, 0.15) is 23.2 Å². The van der Waals surface area contributed by atoms with Crippen molar-refractivity contribution in [3.05, 3.63) is 120 Å². The fraction of sp³-hybridized carbons (Fsp3) is 0.517. The van der Waals surface area contributed by atoms with Crippen molar-refractivity contribution in [3.8, 4) is 23.6 Å². The van der Waals surface area contributed by atoms with Crippen LogP contribution in [0.25, 0.3) is 0 Å². The standard InChI is InChI=1S/C29H39N3O7S.C29H41N3O6S/c1-3-22(10-7-16-30)19-32(40(35,36)26-13-11-24(37-2)12-14-26)20-28(33)27(18-23-8-5-4-6-9-23)31-29(34)39-25-15-17-38-21-25;1-6-22(13-10-18-30)20-32(39(35,36)25-16-14-24(37-5)15-17-25)21-27(33)26(19-23-11-8-7-9-12-23)31-28(34)38-29(2,3)4/h4-6,8-9,11-14,22,25,27-28,33H,3,7,10,15,17-21H2,1-2H3,(H,31,34);7-9,11-12,14-17,22,26-27,33H,6,10,13,19-21H2,1-5H3,(H,31,34)/t22?,25-,27-,28+;22?,26-,27+/m00/s1. The van der Waals surface area contributed by atoms with Crippen LogP contribution in [0.3, 0.4) is 0 Å². The Morgan fingerprint density at radius 3 is 1.41 bits per heavy atom. The number of carbonyl (C=O) groups excluding carboxylic acids is 2. The molecule has 21 heteroatoms. The zero-order chi connectivity index (χ0) is 58.0. The molecule has 0 aromatic heterocycles. The van der Waals surface area contributed by atoms with Gasteiger partial charge in [-0.15, -0.1) is 0 Å². The number of hydrogen-bond donors (Lipinski definition) is 4. The SMILES string of the molecule is CCC(CCC#N)CN(C[C@@H](O)[C@H](Cc1ccccc1)NC(=O)OC(C)(C)C)S(=O)(=O)c1ccc(OC)cc1.CCC(CCC#N)CN(C[C@@H](O)[C@H](Cc1ccccc1)NC(=O)O[C@H]1CCOC1)S(=O)(=O)c1ccc(OC)cc1. The Morgan fingerprint density at radius 2 is 1.06 bits per heavy atom. The van der Waals surface area contributed by atoms with Gasteiger partial charge in [0.25, 0.3) is 0 Å². The quantitative estimate of drug-likeness (QED) is 0.0401. The van der Waals surface area contributed by atoms with E-state index >= 15 is 0 Å². The molecule has 0 radical (unpaired) electrons. The van der Waals surface area contributed by atoms with E-state index in [1.165, 1.54) is 47.1 Å². The number of hydrogen-bond acceptors (Lipinski definition) is 15. The first kappa shape index (κ1) is 65.2. The van der Waals surface area contributed by atoms with Crippen LogP contribution in [0.4, 0.5) is 9.59 Å². The maximum absolute atomic E-state index is 13.8. The van der Waals surface area contributed by atoms with E-state index in [2.05, 4.69) is 22.8 Å². The van der Waals surface area contributed by atoms with Gasteiger partial charge in [-0.05, 0) is 118 Å².